The molecule has 0 spiro atoms. The summed E-state index contributed by atoms with van der Waals surface area (Å²) in [6, 6.07) is 18.1. The second-order valence-electron chi connectivity index (χ2n) is 6.94. The Kier molecular flexibility index (Phi) is 18.8. The Morgan fingerprint density at radius 1 is 0.448 bits per heavy atom. The molecule has 9 heteroatoms. The molecule has 2 aromatic carbocycles. The molecule has 0 aliphatic carbocycles. The van der Waals surface area contributed by atoms with E-state index in [-0.39, 0.29) is 0 Å². The van der Waals surface area contributed by atoms with Crippen molar-refractivity contribution in [3.8, 4) is 0 Å². The molecule has 0 aliphatic rings. The van der Waals surface area contributed by atoms with Crippen molar-refractivity contribution < 1.29 is 8.59 Å². The maximum absolute atomic E-state index is 3.34. The molecule has 0 heterocycles. The Hall–Kier alpha value is 3.33. The number of rotatable bonds is 4. The molecule has 0 nitrogen and oxygen atoms in total. The second kappa shape index (κ2) is 16.9. The molecule has 0 amide bonds. The molecule has 0 fully saturated rings. The Morgan fingerprint density at radius 2 is 0.586 bits per heavy atom. The van der Waals surface area contributed by atoms with Crippen LogP contribution in [-0.4, -0.2) is 58.6 Å². The van der Waals surface area contributed by atoms with Gasteiger partial charge < -0.3 is 0 Å². The monoisotopic (exact) mass is 1070 g/mol. The van der Waals surface area contributed by atoms with Crippen molar-refractivity contribution in [1.82, 2.24) is 0 Å². The van der Waals surface area contributed by atoms with Gasteiger partial charge in [0.2, 0.25) is 0 Å². The van der Waals surface area contributed by atoms with Crippen molar-refractivity contribution >= 4 is 128 Å². The molecule has 2 aromatic rings. The summed E-state index contributed by atoms with van der Waals surface area (Å²) in [5, 5.41) is 0. The van der Waals surface area contributed by atoms with Gasteiger partial charge in [-0.25, -0.2) is 0 Å². The van der Waals surface area contributed by atoms with Gasteiger partial charge in [-0.3, -0.25) is 0 Å². The Balaban J connectivity index is 0.000000442. The molecule has 0 bridgehead atoms. The van der Waals surface area contributed by atoms with Crippen molar-refractivity contribution in [2.24, 2.45) is 0 Å². The van der Waals surface area contributed by atoms with Crippen molar-refractivity contribution in [2.45, 2.75) is 45.7 Å². The number of halogens is 4. The van der Waals surface area contributed by atoms with E-state index in [1.54, 1.807) is 17.4 Å². The van der Waals surface area contributed by atoms with E-state index < -0.39 is 67.2 Å². The van der Waals surface area contributed by atoms with Gasteiger partial charge in [0.25, 0.3) is 0 Å². The molecule has 0 saturated carbocycles. The fourth-order valence-electron chi connectivity index (χ4n) is 2.44. The van der Waals surface area contributed by atoms with Crippen molar-refractivity contribution in [3.63, 3.8) is 0 Å². The van der Waals surface area contributed by atoms with E-state index in [0.717, 1.165) is 0 Å². The molecule has 29 heavy (non-hydrogen) atoms. The van der Waals surface area contributed by atoms with Crippen LogP contribution >= 0.6 is 52.1 Å². The van der Waals surface area contributed by atoms with Crippen LogP contribution in [0.4, 0.5) is 0 Å². The normalized spacial score (nSPS) is 11.3. The minimum atomic E-state index is -1.97. The maximum atomic E-state index is 3.34. The summed E-state index contributed by atoms with van der Waals surface area (Å²) >= 11 is 10.8. The fourth-order valence-corrected chi connectivity index (χ4v) is 18.9. The predicted molar refractivity (Wildman–Crippen MR) is 157 cm³/mol. The van der Waals surface area contributed by atoms with Gasteiger partial charge in [0.05, 0.1) is 0 Å². The summed E-state index contributed by atoms with van der Waals surface area (Å²) in [5.74, 6) is 0. The Morgan fingerprint density at radius 3 is 0.690 bits per heavy atom. The molecule has 0 aromatic heterocycles. The van der Waals surface area contributed by atoms with Crippen LogP contribution in [0, 0.1) is 0 Å². The van der Waals surface area contributed by atoms with E-state index >= 15 is 0 Å². The van der Waals surface area contributed by atoms with E-state index in [0.29, 0.717) is 0 Å². The molecule has 0 aliphatic heterocycles. The van der Waals surface area contributed by atoms with Gasteiger partial charge in [0.1, 0.15) is 0 Å². The average Bonchev–Trinajstić information content (AvgIpc) is 2.60. The van der Waals surface area contributed by atoms with Crippen LogP contribution in [-0.2, 0) is 8.59 Å². The van der Waals surface area contributed by atoms with Gasteiger partial charge in [-0.15, -0.1) is 0 Å². The van der Waals surface area contributed by atoms with Gasteiger partial charge >= 0.3 is 231 Å². The average molecular weight is 1070 g/mol. The first-order valence-electron chi connectivity index (χ1n) is 8.80. The van der Waals surface area contributed by atoms with Crippen LogP contribution in [0.1, 0.15) is 0 Å². The van der Waals surface area contributed by atoms with Crippen molar-refractivity contribution in [3.05, 3.63) is 48.5 Å². The fraction of sp³-hybridized carbons (Fsp3) is 0.400. The van der Waals surface area contributed by atoms with E-state index in [1.807, 2.05) is 0 Å². The first-order chi connectivity index (χ1) is 13.3. The van der Waals surface area contributed by atoms with Gasteiger partial charge in [0.15, 0.2) is 0 Å². The van der Waals surface area contributed by atoms with Gasteiger partial charge in [0, 0.05) is 0 Å². The van der Waals surface area contributed by atoms with Gasteiger partial charge in [-0.1, -0.05) is 0 Å². The third-order valence-corrected chi connectivity index (χ3v) is 16.7. The van der Waals surface area contributed by atoms with Crippen LogP contribution in [0.5, 0.6) is 0 Å². The SMILES string of the molecule is C[As](C)c1ccccc1[As](C)C.C[As](C)c1ccccc1[As](C)C.[Br][Ta]([Br])([Br])[Br]. The first kappa shape index (κ1) is 32.3. The van der Waals surface area contributed by atoms with Crippen LogP contribution in [0.3, 0.4) is 0 Å². The van der Waals surface area contributed by atoms with Crippen LogP contribution in [0.15, 0.2) is 48.5 Å². The molecule has 0 radical (unpaired) electrons. The number of benzene rings is 2. The quantitative estimate of drug-likeness (QED) is 0.304. The summed E-state index contributed by atoms with van der Waals surface area (Å²) in [5.41, 5.74) is 19.4. The summed E-state index contributed by atoms with van der Waals surface area (Å²) in [4.78, 5) is 0. The number of hydrogen-bond acceptors (Lipinski definition) is 0. The van der Waals surface area contributed by atoms with Crippen LogP contribution in [0.2, 0.25) is 45.7 Å². The van der Waals surface area contributed by atoms with Gasteiger partial charge in [-0.05, 0) is 0 Å². The topological polar surface area (TPSA) is 0 Å². The van der Waals surface area contributed by atoms with E-state index in [9.17, 15) is 0 Å². The summed E-state index contributed by atoms with van der Waals surface area (Å²) < 4.78 is 6.81. The van der Waals surface area contributed by atoms with E-state index in [4.69, 9.17) is 0 Å². The Bertz CT molecular complexity index is 604. The molecule has 0 atom stereocenters. The Labute approximate surface area is 226 Å². The molecular weight excluding hydrogens is 1040 g/mol. The third kappa shape index (κ3) is 15.8. The molecule has 2 rings (SSSR count). The molecule has 165 valence electrons. The zero-order valence-electron chi connectivity index (χ0n) is 18.4. The van der Waals surface area contributed by atoms with Crippen LogP contribution in [0.25, 0.3) is 0 Å². The zero-order valence-corrected chi connectivity index (χ0v) is 35.4. The molecular formula is C20H32As4Br4Ta. The summed E-state index contributed by atoms with van der Waals surface area (Å²) in [6.07, 6.45) is 0. The van der Waals surface area contributed by atoms with Crippen molar-refractivity contribution in [2.75, 3.05) is 0 Å². The van der Waals surface area contributed by atoms with Crippen molar-refractivity contribution in [1.29, 1.82) is 0 Å². The molecule has 0 unspecified atom stereocenters. The zero-order chi connectivity index (χ0) is 22.8. The van der Waals surface area contributed by atoms with Crippen LogP contribution < -0.4 is 17.4 Å². The van der Waals surface area contributed by atoms with Gasteiger partial charge in [-0.2, -0.15) is 0 Å². The first-order valence-corrected chi connectivity index (χ1v) is 55.6. The summed E-state index contributed by atoms with van der Waals surface area (Å²) in [7, 11) is -1.97. The molecule has 0 N–H and O–H groups in total. The second-order valence-corrected chi connectivity index (χ2v) is 110. The predicted octanol–water partition coefficient (Wildman–Crippen LogP) is 6.60. The minimum absolute atomic E-state index is 0.651. The van der Waals surface area contributed by atoms with E-state index in [2.05, 4.69) is 146 Å². The standard InChI is InChI=1S/2C10H16As2.4BrH.Ta/c2*1-11(2)9-7-5-6-8-10(9)12(3)4;;;;;/h2*5-8H,1-4H3;4*1H;/q;;;;;;+4/p-4. The third-order valence-electron chi connectivity index (χ3n) is 3.69. The number of hydrogen-bond donors (Lipinski definition) is 0. The van der Waals surface area contributed by atoms with E-state index in [1.165, 1.54) is 0 Å². The molecule has 0 saturated heterocycles. The summed E-state index contributed by atoms with van der Waals surface area (Å²) in [6.45, 7) is 0.